The van der Waals surface area contributed by atoms with Gasteiger partial charge in [-0.25, -0.2) is 4.98 Å². The number of anilines is 1. The van der Waals surface area contributed by atoms with Crippen molar-refractivity contribution in [3.05, 3.63) is 39.3 Å². The summed E-state index contributed by atoms with van der Waals surface area (Å²) in [5.74, 6) is -2.54. The van der Waals surface area contributed by atoms with Crippen LogP contribution in [-0.4, -0.2) is 81.4 Å². The molecule has 1 aliphatic heterocycles. The molecule has 12 nitrogen and oxygen atoms in total. The number of likely N-dealkylation sites (tertiary alicyclic amines) is 1. The molecule has 1 fully saturated rings. The van der Waals surface area contributed by atoms with Gasteiger partial charge in [0.2, 0.25) is 11.8 Å². The molecule has 49 heavy (non-hydrogen) atoms. The Morgan fingerprint density at radius 1 is 1.16 bits per heavy atom. The number of piperidine rings is 1. The Kier molecular flexibility index (Phi) is 14.4. The topological polar surface area (TPSA) is 178 Å². The average Bonchev–Trinajstić information content (AvgIpc) is 3.45. The van der Waals surface area contributed by atoms with Crippen LogP contribution in [-0.2, 0) is 26.5 Å². The van der Waals surface area contributed by atoms with Gasteiger partial charge in [0.25, 0.3) is 5.91 Å². The second-order valence-corrected chi connectivity index (χ2v) is 15.1. The summed E-state index contributed by atoms with van der Waals surface area (Å²) in [5.41, 5.74) is 5.72. The zero-order valence-corrected chi connectivity index (χ0v) is 31.0. The molecule has 0 bridgehead atoms. The summed E-state index contributed by atoms with van der Waals surface area (Å²) >= 11 is 1.26. The van der Waals surface area contributed by atoms with Crippen LogP contribution in [0.3, 0.4) is 0 Å². The first-order valence-electron chi connectivity index (χ1n) is 17.5. The fraction of sp³-hybridized carbons (Fsp3) is 0.639. The number of aliphatic carboxylic acids is 1. The third kappa shape index (κ3) is 10.4. The number of nitrogen functional groups attached to an aromatic ring is 1. The van der Waals surface area contributed by atoms with Gasteiger partial charge in [-0.2, -0.15) is 0 Å². The molecule has 2 heterocycles. The molecule has 1 aliphatic rings. The summed E-state index contributed by atoms with van der Waals surface area (Å²) in [5, 5.41) is 26.6. The van der Waals surface area contributed by atoms with Gasteiger partial charge in [0.05, 0.1) is 17.6 Å². The van der Waals surface area contributed by atoms with Gasteiger partial charge in [-0.1, -0.05) is 39.7 Å². The summed E-state index contributed by atoms with van der Waals surface area (Å²) in [6, 6.07) is 3.81. The molecule has 3 rings (SSSR count). The molecule has 1 aromatic carbocycles. The van der Waals surface area contributed by atoms with E-state index in [9.17, 15) is 29.4 Å². The number of aromatic hydroxyl groups is 1. The van der Waals surface area contributed by atoms with Crippen molar-refractivity contribution in [3.8, 4) is 5.75 Å². The van der Waals surface area contributed by atoms with Crippen molar-refractivity contribution in [2.45, 2.75) is 117 Å². The molecule has 3 amide bonds. The summed E-state index contributed by atoms with van der Waals surface area (Å²) < 4.78 is 0. The number of hydrogen-bond acceptors (Lipinski definition) is 9. The molecule has 1 saturated heterocycles. The Morgan fingerprint density at radius 3 is 2.49 bits per heavy atom. The molecule has 0 aliphatic carbocycles. The van der Waals surface area contributed by atoms with Crippen molar-refractivity contribution in [2.75, 3.05) is 26.4 Å². The normalized spacial score (nSPS) is 17.6. The van der Waals surface area contributed by atoms with Crippen LogP contribution in [0.4, 0.5) is 5.69 Å². The quantitative estimate of drug-likeness (QED) is 0.0860. The number of aromatic nitrogens is 1. The van der Waals surface area contributed by atoms with E-state index in [2.05, 4.69) is 24.5 Å². The van der Waals surface area contributed by atoms with Crippen LogP contribution in [0.25, 0.3) is 0 Å². The minimum atomic E-state index is -1.33. The molecule has 6 N–H and O–H groups in total. The van der Waals surface area contributed by atoms with Crippen molar-refractivity contribution >= 4 is 40.7 Å². The number of likely N-dealkylation sites (N-methyl/N-ethyl adjacent to an activating group) is 1. The van der Waals surface area contributed by atoms with Crippen LogP contribution >= 0.6 is 11.3 Å². The molecule has 13 heteroatoms. The van der Waals surface area contributed by atoms with Crippen molar-refractivity contribution in [3.63, 3.8) is 0 Å². The van der Waals surface area contributed by atoms with Crippen molar-refractivity contribution in [2.24, 2.45) is 11.8 Å². The minimum Gasteiger partial charge on any atom is -0.506 e. The number of phenols is 1. The van der Waals surface area contributed by atoms with E-state index in [0.29, 0.717) is 54.8 Å². The first kappa shape index (κ1) is 39.7. The van der Waals surface area contributed by atoms with Gasteiger partial charge >= 0.3 is 5.97 Å². The number of carboxylic acid groups (broad SMARTS) is 1. The molecule has 1 aromatic heterocycles. The monoisotopic (exact) mass is 700 g/mol. The summed E-state index contributed by atoms with van der Waals surface area (Å²) in [4.78, 5) is 62.6. The molecule has 272 valence electrons. The highest BCUT2D eigenvalue weighted by Gasteiger charge is 2.42. The SMILES string of the molecule is CCCCC(=O)NC(CCC(C)C)(NC(=O)C1CCCCN1C)c1nc(C(=O)N(C)C(CCc2ccc(O)c(N)c2)C(C)C(=O)O)c(C)s1. The van der Waals surface area contributed by atoms with E-state index < -0.39 is 29.5 Å². The van der Waals surface area contributed by atoms with Crippen molar-refractivity contribution < 1.29 is 29.4 Å². The van der Waals surface area contributed by atoms with Crippen LogP contribution in [0.2, 0.25) is 0 Å². The third-order valence-electron chi connectivity index (χ3n) is 9.59. The van der Waals surface area contributed by atoms with Crippen LogP contribution in [0.15, 0.2) is 18.2 Å². The van der Waals surface area contributed by atoms with E-state index in [-0.39, 0.29) is 40.9 Å². The number of unbranched alkanes of at least 4 members (excludes halogenated alkanes) is 1. The third-order valence-corrected chi connectivity index (χ3v) is 10.7. The predicted octanol–water partition coefficient (Wildman–Crippen LogP) is 5.03. The predicted molar refractivity (Wildman–Crippen MR) is 192 cm³/mol. The Labute approximate surface area is 294 Å². The number of carbonyl (C=O) groups excluding carboxylic acids is 3. The van der Waals surface area contributed by atoms with E-state index >= 15 is 0 Å². The number of hydrogen-bond donors (Lipinski definition) is 5. The lowest BCUT2D eigenvalue weighted by molar-refractivity contribution is -0.143. The number of carboxylic acids is 1. The number of nitrogens with zero attached hydrogens (tertiary/aromatic N) is 3. The van der Waals surface area contributed by atoms with Crippen LogP contribution in [0.5, 0.6) is 5.75 Å². The van der Waals surface area contributed by atoms with Gasteiger partial charge in [0.15, 0.2) is 5.66 Å². The van der Waals surface area contributed by atoms with Gasteiger partial charge < -0.3 is 31.5 Å². The van der Waals surface area contributed by atoms with E-state index in [1.807, 2.05) is 18.9 Å². The number of benzene rings is 1. The molecule has 0 spiro atoms. The largest absolute Gasteiger partial charge is 0.506 e. The number of thiazole rings is 1. The molecule has 4 atom stereocenters. The molecule has 2 aromatic rings. The fourth-order valence-corrected chi connectivity index (χ4v) is 7.36. The molecular weight excluding hydrogens is 644 g/mol. The van der Waals surface area contributed by atoms with E-state index in [4.69, 9.17) is 10.7 Å². The first-order chi connectivity index (χ1) is 23.1. The van der Waals surface area contributed by atoms with Gasteiger partial charge in [-0.3, -0.25) is 24.1 Å². The highest BCUT2D eigenvalue weighted by atomic mass is 32.1. The zero-order valence-electron chi connectivity index (χ0n) is 30.2. The highest BCUT2D eigenvalue weighted by molar-refractivity contribution is 7.12. The lowest BCUT2D eigenvalue weighted by atomic mass is 9.93. The lowest BCUT2D eigenvalue weighted by Crippen LogP contribution is -2.61. The number of phenolic OH excluding ortho intramolecular Hbond substituents is 1. The number of aryl methyl sites for hydroxylation is 2. The summed E-state index contributed by atoms with van der Waals surface area (Å²) in [6.45, 7) is 10.3. The Balaban J connectivity index is 2.02. The summed E-state index contributed by atoms with van der Waals surface area (Å²) in [6.07, 6.45) is 6.29. The smallest absolute Gasteiger partial charge is 0.308 e. The Hall–Kier alpha value is -3.71. The van der Waals surface area contributed by atoms with E-state index in [0.717, 1.165) is 31.4 Å². The van der Waals surface area contributed by atoms with E-state index in [1.165, 1.54) is 22.3 Å². The fourth-order valence-electron chi connectivity index (χ4n) is 6.33. The van der Waals surface area contributed by atoms with Gasteiger partial charge in [-0.05, 0) is 96.0 Å². The van der Waals surface area contributed by atoms with Crippen molar-refractivity contribution in [1.29, 1.82) is 0 Å². The second kappa shape index (κ2) is 17.8. The van der Waals surface area contributed by atoms with E-state index in [1.54, 1.807) is 33.0 Å². The Morgan fingerprint density at radius 2 is 1.88 bits per heavy atom. The number of rotatable bonds is 17. The van der Waals surface area contributed by atoms with Gasteiger partial charge in [0.1, 0.15) is 16.5 Å². The maximum atomic E-state index is 14.2. The lowest BCUT2D eigenvalue weighted by Gasteiger charge is -2.38. The van der Waals surface area contributed by atoms with Crippen molar-refractivity contribution in [1.82, 2.24) is 25.4 Å². The molecule has 4 unspecified atom stereocenters. The average molecular weight is 701 g/mol. The summed E-state index contributed by atoms with van der Waals surface area (Å²) in [7, 11) is 3.51. The maximum Gasteiger partial charge on any atom is 0.308 e. The standard InChI is InChI=1S/C36H56N6O6S/c1-8-9-13-30(44)39-36(19-18-22(2)3,40-32(45)28-12-10-11-20-41(28)6)35-38-31(24(5)49-35)33(46)42(7)27(23(4)34(47)48)16-14-25-15-17-29(43)26(37)21-25/h15,17,21-23,27-28,43H,8-14,16,18-20,37H2,1-7H3,(H,39,44)(H,40,45)(H,47,48). The van der Waals surface area contributed by atoms with Crippen LogP contribution < -0.4 is 16.4 Å². The number of nitrogens with one attached hydrogen (secondary N) is 2. The number of amides is 3. The van der Waals surface area contributed by atoms with Crippen LogP contribution in [0.1, 0.15) is 111 Å². The minimum absolute atomic E-state index is 0.0331. The van der Waals surface area contributed by atoms with Crippen LogP contribution in [0, 0.1) is 18.8 Å². The first-order valence-corrected chi connectivity index (χ1v) is 18.3. The number of nitrogens with two attached hydrogens (primary N) is 1. The molecular formula is C36H56N6O6S. The van der Waals surface area contributed by atoms with Gasteiger partial charge in [-0.15, -0.1) is 11.3 Å². The highest BCUT2D eigenvalue weighted by Crippen LogP contribution is 2.34. The molecule has 0 radical (unpaired) electrons. The maximum absolute atomic E-state index is 14.2. The second-order valence-electron chi connectivity index (χ2n) is 13.9. The Bertz CT molecular complexity index is 1460. The molecule has 0 saturated carbocycles. The number of carbonyl (C=O) groups is 4. The van der Waals surface area contributed by atoms with Gasteiger partial charge in [0, 0.05) is 24.4 Å². The zero-order chi connectivity index (χ0) is 36.5.